The van der Waals surface area contributed by atoms with E-state index in [0.717, 1.165) is 5.69 Å². The Morgan fingerprint density at radius 2 is 2.11 bits per heavy atom. The van der Waals surface area contributed by atoms with E-state index in [4.69, 9.17) is 16.3 Å². The van der Waals surface area contributed by atoms with Gasteiger partial charge in [0.25, 0.3) is 0 Å². The van der Waals surface area contributed by atoms with Crippen LogP contribution in [0, 0.1) is 0 Å². The molecule has 1 N–H and O–H groups in total. The van der Waals surface area contributed by atoms with E-state index in [0.29, 0.717) is 10.0 Å². The molecule has 6 heteroatoms. The molecular formula is C13H13ClN2O2S. The Kier molecular flexibility index (Phi) is 4.07. The first-order valence-corrected chi connectivity index (χ1v) is 6.84. The predicted octanol–water partition coefficient (Wildman–Crippen LogP) is 3.30. The monoisotopic (exact) mass is 296 g/mol. The Balaban J connectivity index is 2.34. The number of anilines is 1. The standard InChI is InChI=1S/C13H13ClN2O2S/c1-13(12(17)18-2,11-15-7-8-19-11)16-10-5-3-9(14)4-6-10/h3-8,16H,1-2H3. The number of ether oxygens (including phenoxy) is 1. The second-order valence-corrected chi connectivity index (χ2v) is 5.42. The van der Waals surface area contributed by atoms with Gasteiger partial charge in [-0.05, 0) is 31.2 Å². The molecule has 0 saturated heterocycles. The third kappa shape index (κ3) is 2.88. The summed E-state index contributed by atoms with van der Waals surface area (Å²) in [6.07, 6.45) is 1.66. The van der Waals surface area contributed by atoms with Crippen LogP contribution in [0.3, 0.4) is 0 Å². The molecule has 100 valence electrons. The van der Waals surface area contributed by atoms with Gasteiger partial charge < -0.3 is 10.1 Å². The number of methoxy groups -OCH3 is 1. The largest absolute Gasteiger partial charge is 0.467 e. The zero-order valence-corrected chi connectivity index (χ0v) is 12.1. The van der Waals surface area contributed by atoms with Gasteiger partial charge in [0.1, 0.15) is 5.01 Å². The number of thiazole rings is 1. The van der Waals surface area contributed by atoms with Gasteiger partial charge in [-0.2, -0.15) is 0 Å². The number of carbonyl (C=O) groups excluding carboxylic acids is 1. The van der Waals surface area contributed by atoms with E-state index in [1.807, 2.05) is 5.38 Å². The summed E-state index contributed by atoms with van der Waals surface area (Å²) in [6, 6.07) is 7.11. The SMILES string of the molecule is COC(=O)C(C)(Nc1ccc(Cl)cc1)c1nccs1. The van der Waals surface area contributed by atoms with Gasteiger partial charge in [-0.1, -0.05) is 11.6 Å². The summed E-state index contributed by atoms with van der Waals surface area (Å²) in [5.74, 6) is -0.391. The molecule has 0 spiro atoms. The molecule has 1 atom stereocenters. The van der Waals surface area contributed by atoms with Crippen molar-refractivity contribution in [1.29, 1.82) is 0 Å². The molecule has 1 unspecified atom stereocenters. The quantitative estimate of drug-likeness (QED) is 0.880. The van der Waals surface area contributed by atoms with Gasteiger partial charge in [-0.3, -0.25) is 0 Å². The number of esters is 1. The minimum atomic E-state index is -1.02. The first-order valence-electron chi connectivity index (χ1n) is 5.58. The van der Waals surface area contributed by atoms with Crippen molar-refractivity contribution in [2.24, 2.45) is 0 Å². The predicted molar refractivity (Wildman–Crippen MR) is 76.6 cm³/mol. The summed E-state index contributed by atoms with van der Waals surface area (Å²) in [4.78, 5) is 16.3. The Hall–Kier alpha value is -1.59. The molecule has 0 bridgehead atoms. The van der Waals surface area contributed by atoms with Crippen molar-refractivity contribution >= 4 is 34.6 Å². The molecule has 0 aliphatic heterocycles. The third-order valence-corrected chi connectivity index (χ3v) is 3.94. The molecule has 1 aromatic heterocycles. The van der Waals surface area contributed by atoms with Crippen molar-refractivity contribution in [3.8, 4) is 0 Å². The van der Waals surface area contributed by atoms with E-state index in [9.17, 15) is 4.79 Å². The van der Waals surface area contributed by atoms with Crippen LogP contribution < -0.4 is 5.32 Å². The molecule has 1 aromatic carbocycles. The summed E-state index contributed by atoms with van der Waals surface area (Å²) in [5, 5.41) is 6.26. The highest BCUT2D eigenvalue weighted by Crippen LogP contribution is 2.29. The van der Waals surface area contributed by atoms with Crippen LogP contribution in [-0.4, -0.2) is 18.1 Å². The Morgan fingerprint density at radius 1 is 1.42 bits per heavy atom. The third-order valence-electron chi connectivity index (χ3n) is 2.69. The lowest BCUT2D eigenvalue weighted by atomic mass is 10.0. The molecule has 0 saturated carbocycles. The molecule has 0 aliphatic rings. The molecule has 0 radical (unpaired) electrons. The molecule has 2 rings (SSSR count). The number of carbonyl (C=O) groups is 1. The fourth-order valence-electron chi connectivity index (χ4n) is 1.69. The maximum atomic E-state index is 12.1. The maximum Gasteiger partial charge on any atom is 0.338 e. The van der Waals surface area contributed by atoms with Crippen molar-refractivity contribution in [3.63, 3.8) is 0 Å². The summed E-state index contributed by atoms with van der Waals surface area (Å²) >= 11 is 7.24. The van der Waals surface area contributed by atoms with Gasteiger partial charge in [0.15, 0.2) is 5.54 Å². The van der Waals surface area contributed by atoms with Crippen LogP contribution in [0.2, 0.25) is 5.02 Å². The molecule has 0 amide bonds. The zero-order chi connectivity index (χ0) is 13.9. The minimum absolute atomic E-state index is 0.391. The van der Waals surface area contributed by atoms with Gasteiger partial charge in [0.05, 0.1) is 7.11 Å². The van der Waals surface area contributed by atoms with Crippen molar-refractivity contribution in [3.05, 3.63) is 45.9 Å². The van der Waals surface area contributed by atoms with Crippen LogP contribution in [0.4, 0.5) is 5.69 Å². The van der Waals surface area contributed by atoms with Crippen molar-refractivity contribution in [1.82, 2.24) is 4.98 Å². The van der Waals surface area contributed by atoms with Gasteiger partial charge in [0.2, 0.25) is 0 Å². The smallest absolute Gasteiger partial charge is 0.338 e. The van der Waals surface area contributed by atoms with Crippen LogP contribution in [-0.2, 0) is 15.1 Å². The average Bonchev–Trinajstić information content (AvgIpc) is 2.95. The Bertz CT molecular complexity index is 557. The van der Waals surface area contributed by atoms with Gasteiger partial charge >= 0.3 is 5.97 Å². The highest BCUT2D eigenvalue weighted by Gasteiger charge is 2.39. The van der Waals surface area contributed by atoms with E-state index in [-0.39, 0.29) is 0 Å². The maximum absolute atomic E-state index is 12.1. The van der Waals surface area contributed by atoms with E-state index < -0.39 is 11.5 Å². The molecule has 0 fully saturated rings. The molecule has 4 nitrogen and oxygen atoms in total. The fourth-order valence-corrected chi connectivity index (χ4v) is 2.56. The number of hydrogen-bond donors (Lipinski definition) is 1. The van der Waals surface area contributed by atoms with Crippen molar-refractivity contribution < 1.29 is 9.53 Å². The lowest BCUT2D eigenvalue weighted by Crippen LogP contribution is -2.41. The summed E-state index contributed by atoms with van der Waals surface area (Å²) in [7, 11) is 1.36. The van der Waals surface area contributed by atoms with E-state index in [1.54, 1.807) is 37.4 Å². The highest BCUT2D eigenvalue weighted by atomic mass is 35.5. The van der Waals surface area contributed by atoms with Crippen LogP contribution in [0.15, 0.2) is 35.8 Å². The Morgan fingerprint density at radius 3 is 2.63 bits per heavy atom. The number of benzene rings is 1. The lowest BCUT2D eigenvalue weighted by molar-refractivity contribution is -0.145. The molecular weight excluding hydrogens is 284 g/mol. The lowest BCUT2D eigenvalue weighted by Gasteiger charge is -2.26. The topological polar surface area (TPSA) is 51.2 Å². The number of hydrogen-bond acceptors (Lipinski definition) is 5. The number of halogens is 1. The average molecular weight is 297 g/mol. The first kappa shape index (κ1) is 13.8. The van der Waals surface area contributed by atoms with Crippen molar-refractivity contribution in [2.75, 3.05) is 12.4 Å². The van der Waals surface area contributed by atoms with E-state index in [1.165, 1.54) is 18.4 Å². The number of nitrogens with one attached hydrogen (secondary N) is 1. The van der Waals surface area contributed by atoms with Crippen LogP contribution in [0.5, 0.6) is 0 Å². The first-order chi connectivity index (χ1) is 9.06. The fraction of sp³-hybridized carbons (Fsp3) is 0.231. The number of nitrogens with zero attached hydrogens (tertiary/aromatic N) is 1. The minimum Gasteiger partial charge on any atom is -0.467 e. The summed E-state index contributed by atoms with van der Waals surface area (Å²) in [5.41, 5.74) is -0.246. The normalized spacial score (nSPS) is 13.6. The number of rotatable bonds is 4. The second kappa shape index (κ2) is 5.59. The van der Waals surface area contributed by atoms with Gasteiger partial charge in [-0.15, -0.1) is 11.3 Å². The zero-order valence-electron chi connectivity index (χ0n) is 10.5. The van der Waals surface area contributed by atoms with Crippen LogP contribution >= 0.6 is 22.9 Å². The highest BCUT2D eigenvalue weighted by molar-refractivity contribution is 7.09. The summed E-state index contributed by atoms with van der Waals surface area (Å²) < 4.78 is 4.87. The molecule has 0 aliphatic carbocycles. The molecule has 2 aromatic rings. The van der Waals surface area contributed by atoms with E-state index in [2.05, 4.69) is 10.3 Å². The second-order valence-electron chi connectivity index (χ2n) is 4.09. The van der Waals surface area contributed by atoms with Crippen LogP contribution in [0.25, 0.3) is 0 Å². The molecule has 19 heavy (non-hydrogen) atoms. The Labute approximate surface area is 120 Å². The van der Waals surface area contributed by atoms with Gasteiger partial charge in [0, 0.05) is 22.3 Å². The van der Waals surface area contributed by atoms with Crippen molar-refractivity contribution in [2.45, 2.75) is 12.5 Å². The molecule has 1 heterocycles. The number of aromatic nitrogens is 1. The summed E-state index contributed by atoms with van der Waals surface area (Å²) in [6.45, 7) is 1.74. The van der Waals surface area contributed by atoms with Gasteiger partial charge in [-0.25, -0.2) is 9.78 Å². The van der Waals surface area contributed by atoms with E-state index >= 15 is 0 Å². The van der Waals surface area contributed by atoms with Crippen LogP contribution in [0.1, 0.15) is 11.9 Å².